The first-order chi connectivity index (χ1) is 10.0. The van der Waals surface area contributed by atoms with Gasteiger partial charge in [-0.05, 0) is 55.3 Å². The van der Waals surface area contributed by atoms with Crippen LogP contribution < -0.4 is 10.5 Å². The quantitative estimate of drug-likeness (QED) is 0.392. The lowest BCUT2D eigenvalue weighted by atomic mass is 10.1. The second-order valence-electron chi connectivity index (χ2n) is 4.70. The largest absolute Gasteiger partial charge is 0.497 e. The molecule has 2 aromatic rings. The molecule has 0 saturated heterocycles. The fraction of sp³-hybridized carbons (Fsp3) is 0.188. The minimum absolute atomic E-state index is 0.0870. The predicted molar refractivity (Wildman–Crippen MR) is 85.5 cm³/mol. The zero-order valence-electron chi connectivity index (χ0n) is 12.3. The second kappa shape index (κ2) is 6.54. The summed E-state index contributed by atoms with van der Waals surface area (Å²) in [6.07, 6.45) is 0. The van der Waals surface area contributed by atoms with Gasteiger partial charge in [-0.3, -0.25) is 0 Å². The van der Waals surface area contributed by atoms with Crippen LogP contribution in [0.3, 0.4) is 0 Å². The smallest absolute Gasteiger partial charge is 0.171 e. The van der Waals surface area contributed by atoms with E-state index in [4.69, 9.17) is 15.7 Å². The van der Waals surface area contributed by atoms with Gasteiger partial charge in [-0.1, -0.05) is 23.0 Å². The average Bonchev–Trinajstić information content (AvgIpc) is 2.50. The summed E-state index contributed by atoms with van der Waals surface area (Å²) in [6.45, 7) is 4.16. The number of nitrogens with zero attached hydrogens (tertiary/aromatic N) is 1. The molecule has 0 unspecified atom stereocenters. The van der Waals surface area contributed by atoms with Gasteiger partial charge in [0.25, 0.3) is 0 Å². The van der Waals surface area contributed by atoms with Gasteiger partial charge in [-0.2, -0.15) is 0 Å². The van der Waals surface area contributed by atoms with E-state index in [0.29, 0.717) is 5.56 Å². The van der Waals surface area contributed by atoms with Crippen molar-refractivity contribution in [3.8, 4) is 5.75 Å². The molecular weight excluding hydrogens is 284 g/mol. The van der Waals surface area contributed by atoms with Crippen molar-refractivity contribution < 1.29 is 9.94 Å². The van der Waals surface area contributed by atoms with Crippen LogP contribution in [-0.4, -0.2) is 18.2 Å². The number of nitrogens with two attached hydrogens (primary N) is 1. The fourth-order valence-corrected chi connectivity index (χ4v) is 2.97. The summed E-state index contributed by atoms with van der Waals surface area (Å²) in [5, 5.41) is 12.0. The van der Waals surface area contributed by atoms with Crippen molar-refractivity contribution in [1.29, 1.82) is 0 Å². The Labute approximate surface area is 128 Å². The number of hydrogen-bond acceptors (Lipinski definition) is 4. The van der Waals surface area contributed by atoms with Crippen LogP contribution in [0, 0.1) is 13.8 Å². The van der Waals surface area contributed by atoms with E-state index in [0.717, 1.165) is 15.5 Å². The van der Waals surface area contributed by atoms with E-state index in [-0.39, 0.29) is 5.84 Å². The molecule has 0 aliphatic rings. The van der Waals surface area contributed by atoms with E-state index < -0.39 is 0 Å². The number of rotatable bonds is 4. The lowest BCUT2D eigenvalue weighted by molar-refractivity contribution is 0.318. The third kappa shape index (κ3) is 3.49. The molecule has 0 spiro atoms. The fourth-order valence-electron chi connectivity index (χ4n) is 1.88. The van der Waals surface area contributed by atoms with Crippen molar-refractivity contribution in [3.05, 3.63) is 53.1 Å². The summed E-state index contributed by atoms with van der Waals surface area (Å²) in [6, 6.07) is 11.7. The molecule has 110 valence electrons. The predicted octanol–water partition coefficient (Wildman–Crippen LogP) is 3.56. The van der Waals surface area contributed by atoms with Gasteiger partial charge >= 0.3 is 0 Å². The van der Waals surface area contributed by atoms with Gasteiger partial charge in [0.05, 0.1) is 7.11 Å². The zero-order valence-corrected chi connectivity index (χ0v) is 13.1. The molecule has 2 aromatic carbocycles. The van der Waals surface area contributed by atoms with E-state index in [1.54, 1.807) is 31.0 Å². The summed E-state index contributed by atoms with van der Waals surface area (Å²) in [4.78, 5) is 1.98. The minimum Gasteiger partial charge on any atom is -0.497 e. The topological polar surface area (TPSA) is 67.8 Å². The highest BCUT2D eigenvalue weighted by atomic mass is 32.2. The molecule has 0 heterocycles. The van der Waals surface area contributed by atoms with Crippen LogP contribution >= 0.6 is 11.8 Å². The van der Waals surface area contributed by atoms with Crippen LogP contribution in [0.1, 0.15) is 16.7 Å². The summed E-state index contributed by atoms with van der Waals surface area (Å²) < 4.78 is 5.25. The maximum atomic E-state index is 8.91. The summed E-state index contributed by atoms with van der Waals surface area (Å²) in [5.74, 6) is 0.819. The van der Waals surface area contributed by atoms with Crippen LogP contribution in [0.4, 0.5) is 0 Å². The molecule has 3 N–H and O–H groups in total. The molecule has 2 rings (SSSR count). The average molecular weight is 302 g/mol. The first-order valence-electron chi connectivity index (χ1n) is 6.46. The third-order valence-electron chi connectivity index (χ3n) is 3.28. The van der Waals surface area contributed by atoms with Crippen LogP contribution in [0.15, 0.2) is 51.3 Å². The Bertz CT molecular complexity index is 684. The van der Waals surface area contributed by atoms with E-state index in [2.05, 4.69) is 37.2 Å². The minimum atomic E-state index is 0.0870. The summed E-state index contributed by atoms with van der Waals surface area (Å²) in [7, 11) is 1.61. The number of ether oxygens (including phenoxy) is 1. The first kappa shape index (κ1) is 15.3. The Morgan fingerprint density at radius 2 is 1.90 bits per heavy atom. The van der Waals surface area contributed by atoms with Crippen LogP contribution in [0.25, 0.3) is 0 Å². The zero-order chi connectivity index (χ0) is 15.4. The summed E-state index contributed by atoms with van der Waals surface area (Å²) in [5.41, 5.74) is 8.90. The lowest BCUT2D eigenvalue weighted by Gasteiger charge is -2.11. The molecule has 0 aliphatic carbocycles. The van der Waals surface area contributed by atoms with Crippen molar-refractivity contribution in [2.24, 2.45) is 10.9 Å². The van der Waals surface area contributed by atoms with Gasteiger partial charge in [0.15, 0.2) is 5.84 Å². The van der Waals surface area contributed by atoms with Crippen LogP contribution in [-0.2, 0) is 0 Å². The van der Waals surface area contributed by atoms with Gasteiger partial charge in [0, 0.05) is 15.4 Å². The van der Waals surface area contributed by atoms with Gasteiger partial charge in [0.1, 0.15) is 5.75 Å². The molecule has 0 atom stereocenters. The SMILES string of the molecule is COc1ccc(/C(N)=N/O)c(Sc2ccc(C)c(C)c2)c1. The lowest BCUT2D eigenvalue weighted by Crippen LogP contribution is -2.14. The number of methoxy groups -OCH3 is 1. The molecule has 0 bridgehead atoms. The number of aryl methyl sites for hydroxylation is 2. The second-order valence-corrected chi connectivity index (χ2v) is 5.81. The molecule has 21 heavy (non-hydrogen) atoms. The molecule has 5 heteroatoms. The molecule has 0 aromatic heterocycles. The molecule has 0 saturated carbocycles. The van der Waals surface area contributed by atoms with Gasteiger partial charge in [-0.25, -0.2) is 0 Å². The first-order valence-corrected chi connectivity index (χ1v) is 7.28. The normalized spacial score (nSPS) is 11.5. The monoisotopic (exact) mass is 302 g/mol. The maximum absolute atomic E-state index is 8.91. The standard InChI is InChI=1S/C16H18N2O2S/c1-10-4-6-13(8-11(10)2)21-15-9-12(20-3)5-7-14(15)16(17)18-19/h4-9,19H,1-3H3,(H2,17,18). The van der Waals surface area contributed by atoms with Crippen molar-refractivity contribution in [3.63, 3.8) is 0 Å². The highest BCUT2D eigenvalue weighted by Gasteiger charge is 2.11. The Morgan fingerprint density at radius 3 is 2.52 bits per heavy atom. The van der Waals surface area contributed by atoms with Gasteiger partial charge in [-0.15, -0.1) is 0 Å². The van der Waals surface area contributed by atoms with Crippen molar-refractivity contribution in [2.45, 2.75) is 23.6 Å². The van der Waals surface area contributed by atoms with E-state index in [1.807, 2.05) is 6.07 Å². The number of hydrogen-bond donors (Lipinski definition) is 2. The van der Waals surface area contributed by atoms with Crippen LogP contribution in [0.5, 0.6) is 5.75 Å². The van der Waals surface area contributed by atoms with E-state index in [9.17, 15) is 0 Å². The highest BCUT2D eigenvalue weighted by Crippen LogP contribution is 2.34. The Morgan fingerprint density at radius 1 is 1.14 bits per heavy atom. The Hall–Kier alpha value is -2.14. The van der Waals surface area contributed by atoms with Crippen molar-refractivity contribution in [1.82, 2.24) is 0 Å². The van der Waals surface area contributed by atoms with Gasteiger partial charge < -0.3 is 15.7 Å². The molecule has 0 amide bonds. The Kier molecular flexibility index (Phi) is 4.75. The highest BCUT2D eigenvalue weighted by molar-refractivity contribution is 7.99. The number of amidine groups is 1. The molecule has 0 aliphatic heterocycles. The van der Waals surface area contributed by atoms with Crippen LogP contribution in [0.2, 0.25) is 0 Å². The van der Waals surface area contributed by atoms with E-state index >= 15 is 0 Å². The number of oxime groups is 1. The van der Waals surface area contributed by atoms with E-state index in [1.165, 1.54) is 11.1 Å². The maximum Gasteiger partial charge on any atom is 0.171 e. The molecular formula is C16H18N2O2S. The molecule has 0 radical (unpaired) electrons. The third-order valence-corrected chi connectivity index (χ3v) is 4.33. The number of benzene rings is 2. The van der Waals surface area contributed by atoms with Crippen molar-refractivity contribution in [2.75, 3.05) is 7.11 Å². The van der Waals surface area contributed by atoms with Crippen molar-refractivity contribution >= 4 is 17.6 Å². The Balaban J connectivity index is 2.43. The van der Waals surface area contributed by atoms with Gasteiger partial charge in [0.2, 0.25) is 0 Å². The molecule has 4 nitrogen and oxygen atoms in total. The summed E-state index contributed by atoms with van der Waals surface area (Å²) >= 11 is 1.56. The molecule has 0 fully saturated rings.